The molecule has 1 heterocycles. The van der Waals surface area contributed by atoms with Gasteiger partial charge in [-0.05, 0) is 48.9 Å². The number of carbonyl (C=O) groups excluding carboxylic acids is 1. The van der Waals surface area contributed by atoms with E-state index in [9.17, 15) is 17.6 Å². The number of hydrogen-bond donors (Lipinski definition) is 2. The summed E-state index contributed by atoms with van der Waals surface area (Å²) in [5.41, 5.74) is 0.565. The first kappa shape index (κ1) is 31.6. The number of aromatic nitrogens is 1. The molecule has 0 aliphatic heterocycles. The van der Waals surface area contributed by atoms with Gasteiger partial charge in [-0.15, -0.1) is 0 Å². The Bertz CT molecular complexity index is 1550. The minimum absolute atomic E-state index is 0.0542. The molecule has 42 heavy (non-hydrogen) atoms. The summed E-state index contributed by atoms with van der Waals surface area (Å²) in [5.74, 6) is -0.317. The van der Waals surface area contributed by atoms with Crippen LogP contribution in [0.1, 0.15) is 31.7 Å². The van der Waals surface area contributed by atoms with E-state index in [2.05, 4.69) is 22.5 Å². The van der Waals surface area contributed by atoms with Crippen LogP contribution in [0.25, 0.3) is 0 Å². The van der Waals surface area contributed by atoms with Gasteiger partial charge in [0.15, 0.2) is 5.13 Å². The van der Waals surface area contributed by atoms with E-state index in [1.54, 1.807) is 18.2 Å². The van der Waals surface area contributed by atoms with Crippen LogP contribution in [0.3, 0.4) is 0 Å². The fraction of sp³-hybridized carbons (Fsp3) is 0.407. The summed E-state index contributed by atoms with van der Waals surface area (Å²) >= 11 is 6.91. The number of anilines is 2. The lowest BCUT2D eigenvalue weighted by molar-refractivity contribution is 0.0897. The van der Waals surface area contributed by atoms with Crippen molar-refractivity contribution in [2.75, 3.05) is 37.4 Å². The van der Waals surface area contributed by atoms with Crippen LogP contribution >= 0.6 is 22.9 Å². The number of methoxy groups -OCH3 is 2. The van der Waals surface area contributed by atoms with Gasteiger partial charge in [0.2, 0.25) is 5.13 Å². The summed E-state index contributed by atoms with van der Waals surface area (Å²) in [5, 5.41) is 4.36. The third-order valence-electron chi connectivity index (χ3n) is 6.90. The summed E-state index contributed by atoms with van der Waals surface area (Å²) < 4.78 is 74.0. The molecule has 1 aliphatic rings. The molecule has 1 aliphatic carbocycles. The van der Waals surface area contributed by atoms with Gasteiger partial charge < -0.3 is 24.8 Å². The van der Waals surface area contributed by atoms with Gasteiger partial charge in [-0.2, -0.15) is 4.39 Å². The van der Waals surface area contributed by atoms with Gasteiger partial charge in [-0.1, -0.05) is 29.9 Å². The van der Waals surface area contributed by atoms with Crippen molar-refractivity contribution in [3.8, 4) is 11.5 Å². The number of ether oxygens (including phenoxy) is 3. The lowest BCUT2D eigenvalue weighted by Crippen LogP contribution is -2.33. The van der Waals surface area contributed by atoms with Crippen LogP contribution in [0.2, 0.25) is 5.02 Å². The molecule has 1 fully saturated rings. The molecular weight excluding hydrogens is 614 g/mol. The molecule has 1 aromatic heterocycles. The lowest BCUT2D eigenvalue weighted by Gasteiger charge is -2.24. The van der Waals surface area contributed by atoms with E-state index in [1.165, 1.54) is 21.3 Å². The fourth-order valence-corrected chi connectivity index (χ4v) is 6.92. The molecule has 1 amide bonds. The number of carbonyl (C=O) groups is 1. The standard InChI is InChI=1S/C27H31ClF2N4O6S2/c1-27(7-8-27)12-18(40-26(35)31-2)13-32-21-11-20(29)23(10-19(21)28)42(36,37)34(25-33-14-24(30)41-25)15-16-5-6-17(38-3)9-22(16)39-4/h5-6,9-11,14,18,32H,7-8,12-13,15H2,1-4H3,(H,31,35)/t18-/m0/s1. The molecular formula is C27H31ClF2N4O6S2. The van der Waals surface area contributed by atoms with Crippen molar-refractivity contribution in [2.24, 2.45) is 5.41 Å². The molecule has 15 heteroatoms. The number of nitrogens with one attached hydrogen (secondary N) is 2. The highest BCUT2D eigenvalue weighted by Gasteiger charge is 2.40. The maximum atomic E-state index is 15.5. The van der Waals surface area contributed by atoms with Crippen molar-refractivity contribution < 1.29 is 36.2 Å². The van der Waals surface area contributed by atoms with E-state index in [0.717, 1.165) is 35.5 Å². The van der Waals surface area contributed by atoms with E-state index < -0.39 is 38.1 Å². The summed E-state index contributed by atoms with van der Waals surface area (Å²) in [7, 11) is -0.331. The third kappa shape index (κ3) is 7.34. The topological polar surface area (TPSA) is 119 Å². The van der Waals surface area contributed by atoms with Crippen molar-refractivity contribution in [1.29, 1.82) is 0 Å². The molecule has 1 saturated carbocycles. The summed E-state index contributed by atoms with van der Waals surface area (Å²) in [6.45, 7) is 1.86. The Morgan fingerprint density at radius 1 is 1.21 bits per heavy atom. The largest absolute Gasteiger partial charge is 0.497 e. The Balaban J connectivity index is 1.63. The Labute approximate surface area is 252 Å². The monoisotopic (exact) mass is 644 g/mol. The summed E-state index contributed by atoms with van der Waals surface area (Å²) in [6.07, 6.45) is 2.35. The number of sulfonamides is 1. The third-order valence-corrected chi connectivity index (χ3v) is 9.89. The maximum absolute atomic E-state index is 15.5. The van der Waals surface area contributed by atoms with E-state index >= 15 is 4.39 Å². The van der Waals surface area contributed by atoms with Crippen molar-refractivity contribution in [2.45, 2.75) is 43.7 Å². The zero-order valence-corrected chi connectivity index (χ0v) is 25.8. The second kappa shape index (κ2) is 12.9. The van der Waals surface area contributed by atoms with Crippen LogP contribution in [0, 0.1) is 16.4 Å². The number of alkyl carbamates (subject to hydrolysis) is 1. The van der Waals surface area contributed by atoms with Crippen LogP contribution < -0.4 is 24.4 Å². The number of nitrogens with zero attached hydrogens (tertiary/aromatic N) is 2. The lowest BCUT2D eigenvalue weighted by atomic mass is 10.0. The molecule has 1 atom stereocenters. The van der Waals surface area contributed by atoms with E-state index in [-0.39, 0.29) is 34.3 Å². The quantitative estimate of drug-likeness (QED) is 0.239. The molecule has 3 aromatic rings. The molecule has 4 rings (SSSR count). The Hall–Kier alpha value is -3.36. The maximum Gasteiger partial charge on any atom is 0.407 e. The molecule has 0 radical (unpaired) electrons. The average molecular weight is 645 g/mol. The van der Waals surface area contributed by atoms with Gasteiger partial charge in [0.05, 0.1) is 44.2 Å². The van der Waals surface area contributed by atoms with Gasteiger partial charge in [0, 0.05) is 18.7 Å². The van der Waals surface area contributed by atoms with Crippen molar-refractivity contribution in [3.05, 3.63) is 58.1 Å². The highest BCUT2D eigenvalue weighted by atomic mass is 35.5. The predicted octanol–water partition coefficient (Wildman–Crippen LogP) is 5.81. The van der Waals surface area contributed by atoms with Crippen LogP contribution in [-0.2, 0) is 21.3 Å². The van der Waals surface area contributed by atoms with Crippen LogP contribution in [-0.4, -0.2) is 53.4 Å². The fourth-order valence-electron chi connectivity index (χ4n) is 4.29. The summed E-state index contributed by atoms with van der Waals surface area (Å²) in [6, 6.07) is 6.69. The SMILES string of the molecule is CNC(=O)O[C@H](CNc1cc(F)c(S(=O)(=O)N(Cc2ccc(OC)cc2OC)c2ncc(F)s2)cc1Cl)CC1(C)CC1. The van der Waals surface area contributed by atoms with Gasteiger partial charge >= 0.3 is 6.09 Å². The normalized spacial score (nSPS) is 14.5. The number of thiazole rings is 1. The van der Waals surface area contributed by atoms with Crippen LogP contribution in [0.4, 0.5) is 24.4 Å². The molecule has 10 nitrogen and oxygen atoms in total. The minimum atomic E-state index is -4.65. The van der Waals surface area contributed by atoms with Gasteiger partial charge in [0.1, 0.15) is 28.3 Å². The molecule has 2 N–H and O–H groups in total. The second-order valence-corrected chi connectivity index (χ2v) is 13.3. The van der Waals surface area contributed by atoms with Crippen LogP contribution in [0.15, 0.2) is 41.4 Å². The summed E-state index contributed by atoms with van der Waals surface area (Å²) in [4.78, 5) is 15.0. The molecule has 0 bridgehead atoms. The number of amides is 1. The second-order valence-electron chi connectivity index (χ2n) is 10.1. The highest BCUT2D eigenvalue weighted by Crippen LogP contribution is 2.49. The molecule has 2 aromatic carbocycles. The number of rotatable bonds is 13. The Morgan fingerprint density at radius 3 is 2.55 bits per heavy atom. The van der Waals surface area contributed by atoms with Gasteiger partial charge in [-0.25, -0.2) is 26.9 Å². The number of halogens is 3. The molecule has 0 spiro atoms. The van der Waals surface area contributed by atoms with E-state index in [4.69, 9.17) is 25.8 Å². The van der Waals surface area contributed by atoms with Crippen molar-refractivity contribution in [1.82, 2.24) is 10.3 Å². The predicted molar refractivity (Wildman–Crippen MR) is 156 cm³/mol. The minimum Gasteiger partial charge on any atom is -0.497 e. The zero-order valence-electron chi connectivity index (χ0n) is 23.4. The number of benzene rings is 2. The Morgan fingerprint density at radius 2 is 1.95 bits per heavy atom. The van der Waals surface area contributed by atoms with Crippen molar-refractivity contribution >= 4 is 49.9 Å². The van der Waals surface area contributed by atoms with Crippen LogP contribution in [0.5, 0.6) is 11.5 Å². The van der Waals surface area contributed by atoms with E-state index in [0.29, 0.717) is 34.8 Å². The first-order chi connectivity index (χ1) is 19.9. The molecule has 0 unspecified atom stereocenters. The van der Waals surface area contributed by atoms with E-state index in [1.807, 2.05) is 0 Å². The average Bonchev–Trinajstić information content (AvgIpc) is 3.53. The first-order valence-corrected chi connectivity index (χ1v) is 15.5. The highest BCUT2D eigenvalue weighted by molar-refractivity contribution is 7.93. The van der Waals surface area contributed by atoms with Gasteiger partial charge in [-0.3, -0.25) is 0 Å². The van der Waals surface area contributed by atoms with Gasteiger partial charge in [0.25, 0.3) is 10.0 Å². The number of hydrogen-bond acceptors (Lipinski definition) is 9. The Kier molecular flexibility index (Phi) is 9.68. The zero-order chi connectivity index (χ0) is 30.7. The molecule has 0 saturated heterocycles. The van der Waals surface area contributed by atoms with Crippen molar-refractivity contribution in [3.63, 3.8) is 0 Å². The smallest absolute Gasteiger partial charge is 0.407 e. The first-order valence-electron chi connectivity index (χ1n) is 12.9. The molecule has 228 valence electrons.